The first-order chi connectivity index (χ1) is 13.7. The molecule has 2 heterocycles. The number of likely N-dealkylation sites (tertiary alicyclic amines) is 2. The zero-order chi connectivity index (χ0) is 19.9. The molecule has 164 valence electrons. The van der Waals surface area contributed by atoms with Gasteiger partial charge in [-0.25, -0.2) is 0 Å². The van der Waals surface area contributed by atoms with Crippen LogP contribution in [0.1, 0.15) is 43.7 Å². The molecule has 0 aromatic heterocycles. The molecule has 3 rings (SSSR count). The largest absolute Gasteiger partial charge is 0.497 e. The molecule has 1 amide bonds. The number of nitrogens with zero attached hydrogens (tertiary/aromatic N) is 2. The Morgan fingerprint density at radius 1 is 1.14 bits per heavy atom. The van der Waals surface area contributed by atoms with E-state index in [1.165, 1.54) is 19.3 Å². The molecule has 0 aliphatic carbocycles. The standard InChI is InChI=1S/C22H35N3O3.ClH/c1-23-11-8-17-9-13-24(14-10-17)16-22(26)25-12-4-5-20(25)19-15-18(27-2)6-7-21(19)28-3;/h6-7,15,17,20,23H,4-5,8-14,16H2,1-3H3;1H. The van der Waals surface area contributed by atoms with Crippen molar-refractivity contribution in [2.75, 3.05) is 54.0 Å². The summed E-state index contributed by atoms with van der Waals surface area (Å²) < 4.78 is 11.0. The van der Waals surface area contributed by atoms with Crippen LogP contribution >= 0.6 is 12.4 Å². The zero-order valence-corrected chi connectivity index (χ0v) is 18.8. The minimum absolute atomic E-state index is 0. The van der Waals surface area contributed by atoms with Crippen LogP contribution in [0.15, 0.2) is 18.2 Å². The fourth-order valence-electron chi connectivity index (χ4n) is 4.55. The van der Waals surface area contributed by atoms with Crippen LogP contribution in [0.4, 0.5) is 0 Å². The number of amides is 1. The van der Waals surface area contributed by atoms with Gasteiger partial charge in [0.15, 0.2) is 0 Å². The number of ether oxygens (including phenoxy) is 2. The highest BCUT2D eigenvalue weighted by Crippen LogP contribution is 2.39. The highest BCUT2D eigenvalue weighted by atomic mass is 35.5. The number of benzene rings is 1. The van der Waals surface area contributed by atoms with Gasteiger partial charge in [0.2, 0.25) is 5.91 Å². The second-order valence-corrected chi connectivity index (χ2v) is 7.96. The lowest BCUT2D eigenvalue weighted by Gasteiger charge is -2.34. The molecule has 0 spiro atoms. The number of carbonyl (C=O) groups is 1. The summed E-state index contributed by atoms with van der Waals surface area (Å²) in [7, 11) is 5.37. The molecule has 2 saturated heterocycles. The predicted molar refractivity (Wildman–Crippen MR) is 118 cm³/mol. The third kappa shape index (κ3) is 6.00. The maximum Gasteiger partial charge on any atom is 0.237 e. The molecule has 29 heavy (non-hydrogen) atoms. The maximum atomic E-state index is 13.1. The fraction of sp³-hybridized carbons (Fsp3) is 0.682. The molecule has 7 heteroatoms. The van der Waals surface area contributed by atoms with Crippen LogP contribution in [0.3, 0.4) is 0 Å². The predicted octanol–water partition coefficient (Wildman–Crippen LogP) is 3.11. The molecule has 0 bridgehead atoms. The Labute approximate surface area is 181 Å². The lowest BCUT2D eigenvalue weighted by atomic mass is 9.93. The second kappa shape index (κ2) is 11.6. The summed E-state index contributed by atoms with van der Waals surface area (Å²) in [4.78, 5) is 17.5. The van der Waals surface area contributed by atoms with E-state index in [0.717, 1.165) is 62.0 Å². The first-order valence-corrected chi connectivity index (χ1v) is 10.5. The van der Waals surface area contributed by atoms with E-state index in [-0.39, 0.29) is 24.4 Å². The van der Waals surface area contributed by atoms with Crippen LogP contribution in [0.2, 0.25) is 0 Å². The summed E-state index contributed by atoms with van der Waals surface area (Å²) in [5.74, 6) is 2.66. The second-order valence-electron chi connectivity index (χ2n) is 7.96. The van der Waals surface area contributed by atoms with Crippen LogP contribution in [0, 0.1) is 5.92 Å². The van der Waals surface area contributed by atoms with Gasteiger partial charge >= 0.3 is 0 Å². The Morgan fingerprint density at radius 3 is 2.55 bits per heavy atom. The average molecular weight is 426 g/mol. The number of hydrogen-bond donors (Lipinski definition) is 1. The summed E-state index contributed by atoms with van der Waals surface area (Å²) in [5, 5.41) is 3.24. The normalized spacial score (nSPS) is 20.4. The summed E-state index contributed by atoms with van der Waals surface area (Å²) in [6.07, 6.45) is 5.64. The molecule has 1 atom stereocenters. The smallest absolute Gasteiger partial charge is 0.237 e. The fourth-order valence-corrected chi connectivity index (χ4v) is 4.55. The van der Waals surface area contributed by atoms with Gasteiger partial charge in [-0.05, 0) is 82.9 Å². The Kier molecular flexibility index (Phi) is 9.53. The van der Waals surface area contributed by atoms with Crippen LogP contribution in [0.25, 0.3) is 0 Å². The Balaban J connectivity index is 0.00000300. The lowest BCUT2D eigenvalue weighted by Crippen LogP contribution is -2.43. The molecule has 0 saturated carbocycles. The van der Waals surface area contributed by atoms with E-state index in [9.17, 15) is 4.79 Å². The number of piperidine rings is 1. The molecular formula is C22H36ClN3O3. The number of nitrogens with one attached hydrogen (secondary N) is 1. The molecule has 1 aromatic rings. The molecule has 1 N–H and O–H groups in total. The van der Waals surface area contributed by atoms with E-state index in [1.54, 1.807) is 14.2 Å². The van der Waals surface area contributed by atoms with E-state index in [0.29, 0.717) is 6.54 Å². The van der Waals surface area contributed by atoms with Crippen molar-refractivity contribution in [2.45, 2.75) is 38.1 Å². The molecule has 0 radical (unpaired) electrons. The van der Waals surface area contributed by atoms with Gasteiger partial charge in [-0.2, -0.15) is 0 Å². The van der Waals surface area contributed by atoms with Gasteiger partial charge in [0.25, 0.3) is 0 Å². The van der Waals surface area contributed by atoms with Crippen molar-refractivity contribution in [1.82, 2.24) is 15.1 Å². The van der Waals surface area contributed by atoms with Gasteiger partial charge < -0.3 is 19.7 Å². The van der Waals surface area contributed by atoms with Crippen LogP contribution in [0.5, 0.6) is 11.5 Å². The number of methoxy groups -OCH3 is 2. The van der Waals surface area contributed by atoms with Gasteiger partial charge in [-0.15, -0.1) is 12.4 Å². The molecule has 1 aromatic carbocycles. The Morgan fingerprint density at radius 2 is 1.90 bits per heavy atom. The SMILES string of the molecule is CNCCC1CCN(CC(=O)N2CCCC2c2cc(OC)ccc2OC)CC1.Cl. The number of rotatable bonds is 8. The van der Waals surface area contributed by atoms with Crippen molar-refractivity contribution in [3.8, 4) is 11.5 Å². The first-order valence-electron chi connectivity index (χ1n) is 10.5. The number of halogens is 1. The summed E-state index contributed by atoms with van der Waals surface area (Å²) in [6.45, 7) is 4.49. The van der Waals surface area contributed by atoms with Crippen molar-refractivity contribution < 1.29 is 14.3 Å². The molecule has 6 nitrogen and oxygen atoms in total. The van der Waals surface area contributed by atoms with Gasteiger partial charge in [-0.3, -0.25) is 9.69 Å². The van der Waals surface area contributed by atoms with Gasteiger partial charge in [-0.1, -0.05) is 0 Å². The van der Waals surface area contributed by atoms with Crippen LogP contribution in [-0.4, -0.2) is 69.7 Å². The van der Waals surface area contributed by atoms with Gasteiger partial charge in [0.1, 0.15) is 11.5 Å². The minimum Gasteiger partial charge on any atom is -0.497 e. The molecule has 2 fully saturated rings. The van der Waals surface area contributed by atoms with E-state index >= 15 is 0 Å². The molecular weight excluding hydrogens is 390 g/mol. The topological polar surface area (TPSA) is 54.0 Å². The van der Waals surface area contributed by atoms with Crippen molar-refractivity contribution in [2.24, 2.45) is 5.92 Å². The molecule has 2 aliphatic rings. The van der Waals surface area contributed by atoms with E-state index in [2.05, 4.69) is 10.2 Å². The maximum absolute atomic E-state index is 13.1. The highest BCUT2D eigenvalue weighted by Gasteiger charge is 2.33. The average Bonchev–Trinajstić information content (AvgIpc) is 3.22. The van der Waals surface area contributed by atoms with Crippen molar-refractivity contribution in [3.63, 3.8) is 0 Å². The van der Waals surface area contributed by atoms with Crippen LogP contribution in [-0.2, 0) is 4.79 Å². The lowest BCUT2D eigenvalue weighted by molar-refractivity contribution is -0.133. The Bertz CT molecular complexity index is 650. The number of hydrogen-bond acceptors (Lipinski definition) is 5. The molecule has 2 aliphatic heterocycles. The van der Waals surface area contributed by atoms with E-state index in [1.807, 2.05) is 30.1 Å². The van der Waals surface area contributed by atoms with Gasteiger partial charge in [0, 0.05) is 12.1 Å². The summed E-state index contributed by atoms with van der Waals surface area (Å²) >= 11 is 0. The zero-order valence-electron chi connectivity index (χ0n) is 18.0. The van der Waals surface area contributed by atoms with Crippen LogP contribution < -0.4 is 14.8 Å². The summed E-state index contributed by atoms with van der Waals surface area (Å²) in [5.41, 5.74) is 1.05. The quantitative estimate of drug-likeness (QED) is 0.693. The van der Waals surface area contributed by atoms with E-state index in [4.69, 9.17) is 9.47 Å². The van der Waals surface area contributed by atoms with Crippen molar-refractivity contribution in [3.05, 3.63) is 23.8 Å². The van der Waals surface area contributed by atoms with Crippen molar-refractivity contribution in [1.29, 1.82) is 0 Å². The van der Waals surface area contributed by atoms with Crippen molar-refractivity contribution >= 4 is 18.3 Å². The Hall–Kier alpha value is -1.50. The summed E-state index contributed by atoms with van der Waals surface area (Å²) in [6, 6.07) is 5.93. The highest BCUT2D eigenvalue weighted by molar-refractivity contribution is 5.85. The van der Waals surface area contributed by atoms with E-state index < -0.39 is 0 Å². The third-order valence-electron chi connectivity index (χ3n) is 6.24. The third-order valence-corrected chi connectivity index (χ3v) is 6.24. The number of carbonyl (C=O) groups excluding carboxylic acids is 1. The van der Waals surface area contributed by atoms with Gasteiger partial charge in [0.05, 0.1) is 26.8 Å². The monoisotopic (exact) mass is 425 g/mol. The molecule has 1 unspecified atom stereocenters. The first kappa shape index (κ1) is 23.8. The minimum atomic E-state index is 0.